The molecule has 152 valence electrons. The van der Waals surface area contributed by atoms with Gasteiger partial charge in [-0.1, -0.05) is 43.3 Å². The van der Waals surface area contributed by atoms with Crippen LogP contribution in [-0.2, 0) is 24.2 Å². The van der Waals surface area contributed by atoms with Crippen LogP contribution in [0.2, 0.25) is 0 Å². The number of fused-ring (bicyclic) bond motifs is 1. The minimum atomic E-state index is -0.0615. The van der Waals surface area contributed by atoms with E-state index in [0.717, 1.165) is 54.7 Å². The first-order chi connectivity index (χ1) is 14.2. The van der Waals surface area contributed by atoms with E-state index < -0.39 is 0 Å². The Morgan fingerprint density at radius 2 is 1.97 bits per heavy atom. The summed E-state index contributed by atoms with van der Waals surface area (Å²) in [5.41, 5.74) is 3.80. The number of carbonyl (C=O) groups excluding carboxylic acids is 1. The topological polar surface area (TPSA) is 84.2 Å². The first kappa shape index (κ1) is 19.4. The fourth-order valence-electron chi connectivity index (χ4n) is 3.92. The molecular formula is C22H27N5O2. The molecule has 7 nitrogen and oxygen atoms in total. The van der Waals surface area contributed by atoms with Crippen LogP contribution in [0.1, 0.15) is 43.5 Å². The second-order valence-corrected chi connectivity index (χ2v) is 7.53. The number of anilines is 1. The van der Waals surface area contributed by atoms with Crippen LogP contribution in [-0.4, -0.2) is 34.1 Å². The molecule has 3 heterocycles. The molecule has 4 rings (SSSR count). The van der Waals surface area contributed by atoms with Crippen molar-refractivity contribution in [3.63, 3.8) is 0 Å². The van der Waals surface area contributed by atoms with E-state index in [9.17, 15) is 4.79 Å². The van der Waals surface area contributed by atoms with Gasteiger partial charge in [-0.05, 0) is 36.8 Å². The number of piperidine rings is 1. The number of rotatable bonds is 6. The van der Waals surface area contributed by atoms with Crippen molar-refractivity contribution in [1.29, 1.82) is 0 Å². The Balaban J connectivity index is 1.44. The van der Waals surface area contributed by atoms with Gasteiger partial charge in [0, 0.05) is 19.6 Å². The molecule has 0 spiro atoms. The number of nitrogens with zero attached hydrogens (tertiary/aromatic N) is 4. The summed E-state index contributed by atoms with van der Waals surface area (Å²) in [4.78, 5) is 23.7. The average molecular weight is 393 g/mol. The Kier molecular flexibility index (Phi) is 5.74. The molecule has 1 atom stereocenters. The monoisotopic (exact) mass is 393 g/mol. The fraction of sp³-hybridized carbons (Fsp3) is 0.455. The van der Waals surface area contributed by atoms with Gasteiger partial charge in [-0.3, -0.25) is 4.79 Å². The van der Waals surface area contributed by atoms with Gasteiger partial charge in [-0.2, -0.15) is 4.98 Å². The third kappa shape index (κ3) is 4.09. The van der Waals surface area contributed by atoms with Gasteiger partial charge in [0.2, 0.25) is 5.91 Å². The van der Waals surface area contributed by atoms with E-state index in [4.69, 9.17) is 4.52 Å². The third-order valence-electron chi connectivity index (χ3n) is 5.65. The van der Waals surface area contributed by atoms with Crippen LogP contribution in [0.4, 0.5) is 5.82 Å². The van der Waals surface area contributed by atoms with E-state index in [0.29, 0.717) is 18.8 Å². The van der Waals surface area contributed by atoms with Gasteiger partial charge < -0.3 is 14.7 Å². The van der Waals surface area contributed by atoms with Crippen LogP contribution in [0, 0.1) is 5.92 Å². The maximum Gasteiger partial charge on any atom is 0.263 e. The quantitative estimate of drug-likeness (QED) is 0.692. The number of carbonyl (C=O) groups is 1. The predicted molar refractivity (Wildman–Crippen MR) is 112 cm³/mol. The second kappa shape index (κ2) is 8.59. The van der Waals surface area contributed by atoms with Crippen LogP contribution in [0.3, 0.4) is 0 Å². The van der Waals surface area contributed by atoms with Crippen molar-refractivity contribution in [2.75, 3.05) is 18.0 Å². The van der Waals surface area contributed by atoms with Crippen molar-refractivity contribution in [3.05, 3.63) is 47.4 Å². The molecule has 3 aromatic rings. The Labute approximate surface area is 170 Å². The van der Waals surface area contributed by atoms with E-state index in [1.54, 1.807) is 0 Å². The summed E-state index contributed by atoms with van der Waals surface area (Å²) in [5.74, 6) is 0.856. The van der Waals surface area contributed by atoms with E-state index in [1.807, 2.05) is 6.92 Å². The SMILES string of the molecule is CCc1ccc(CNC(=O)C2CCCN(c3ncnc4onc(CC)c34)C2)cc1. The molecule has 1 aromatic carbocycles. The van der Waals surface area contributed by atoms with Crippen molar-refractivity contribution in [1.82, 2.24) is 20.4 Å². The van der Waals surface area contributed by atoms with Crippen LogP contribution in [0.5, 0.6) is 0 Å². The highest BCUT2D eigenvalue weighted by molar-refractivity contribution is 5.88. The van der Waals surface area contributed by atoms with Gasteiger partial charge in [0.15, 0.2) is 0 Å². The summed E-state index contributed by atoms with van der Waals surface area (Å²) in [5, 5.41) is 8.09. The van der Waals surface area contributed by atoms with Crippen molar-refractivity contribution >= 4 is 22.8 Å². The van der Waals surface area contributed by atoms with E-state index in [-0.39, 0.29) is 11.8 Å². The summed E-state index contributed by atoms with van der Waals surface area (Å²) in [6, 6.07) is 8.41. The lowest BCUT2D eigenvalue weighted by Crippen LogP contribution is -2.43. The Morgan fingerprint density at radius 1 is 1.17 bits per heavy atom. The maximum atomic E-state index is 12.8. The molecular weight excluding hydrogens is 366 g/mol. The van der Waals surface area contributed by atoms with E-state index in [1.165, 1.54) is 11.9 Å². The number of aromatic nitrogens is 3. The standard InChI is InChI=1S/C22H27N5O2/c1-3-15-7-9-16(10-8-15)12-23-21(28)17-6-5-11-27(13-17)20-19-18(4-2)26-29-22(19)25-14-24-20/h7-10,14,17H,3-6,11-13H2,1-2H3,(H,23,28). The van der Waals surface area contributed by atoms with Gasteiger partial charge in [-0.15, -0.1) is 0 Å². The summed E-state index contributed by atoms with van der Waals surface area (Å²) in [6.45, 7) is 6.24. The third-order valence-corrected chi connectivity index (χ3v) is 5.65. The lowest BCUT2D eigenvalue weighted by Gasteiger charge is -2.33. The van der Waals surface area contributed by atoms with Crippen molar-refractivity contribution in [3.8, 4) is 0 Å². The molecule has 0 bridgehead atoms. The highest BCUT2D eigenvalue weighted by atomic mass is 16.5. The normalized spacial score (nSPS) is 16.9. The van der Waals surface area contributed by atoms with Crippen LogP contribution < -0.4 is 10.2 Å². The molecule has 0 radical (unpaired) electrons. The minimum Gasteiger partial charge on any atom is -0.355 e. The van der Waals surface area contributed by atoms with Crippen molar-refractivity contribution in [2.45, 2.75) is 46.1 Å². The molecule has 1 unspecified atom stereocenters. The van der Waals surface area contributed by atoms with Crippen LogP contribution in [0.15, 0.2) is 35.1 Å². The van der Waals surface area contributed by atoms with Crippen LogP contribution in [0.25, 0.3) is 11.1 Å². The number of benzene rings is 1. The lowest BCUT2D eigenvalue weighted by molar-refractivity contribution is -0.125. The first-order valence-electron chi connectivity index (χ1n) is 10.4. The molecule has 1 amide bonds. The number of amides is 1. The zero-order valence-corrected chi connectivity index (χ0v) is 17.0. The lowest BCUT2D eigenvalue weighted by atomic mass is 9.96. The summed E-state index contributed by atoms with van der Waals surface area (Å²) >= 11 is 0. The van der Waals surface area contributed by atoms with Gasteiger partial charge in [-0.25, -0.2) is 4.98 Å². The highest BCUT2D eigenvalue weighted by Crippen LogP contribution is 2.30. The number of nitrogens with one attached hydrogen (secondary N) is 1. The largest absolute Gasteiger partial charge is 0.355 e. The molecule has 1 aliphatic heterocycles. The highest BCUT2D eigenvalue weighted by Gasteiger charge is 2.28. The number of hydrogen-bond donors (Lipinski definition) is 1. The summed E-state index contributed by atoms with van der Waals surface area (Å²) in [6.07, 6.45) is 5.11. The smallest absolute Gasteiger partial charge is 0.263 e. The van der Waals surface area contributed by atoms with E-state index >= 15 is 0 Å². The van der Waals surface area contributed by atoms with Gasteiger partial charge in [0.25, 0.3) is 5.71 Å². The number of aryl methyl sites for hydroxylation is 2. The molecule has 1 saturated heterocycles. The zero-order valence-electron chi connectivity index (χ0n) is 17.0. The molecule has 1 aliphatic rings. The van der Waals surface area contributed by atoms with Crippen molar-refractivity contribution in [2.24, 2.45) is 5.92 Å². The molecule has 29 heavy (non-hydrogen) atoms. The second-order valence-electron chi connectivity index (χ2n) is 7.53. The first-order valence-corrected chi connectivity index (χ1v) is 10.4. The van der Waals surface area contributed by atoms with E-state index in [2.05, 4.69) is 56.5 Å². The Morgan fingerprint density at radius 3 is 2.72 bits per heavy atom. The van der Waals surface area contributed by atoms with Gasteiger partial charge in [0.1, 0.15) is 17.5 Å². The predicted octanol–water partition coefficient (Wildman–Crippen LogP) is 3.28. The molecule has 0 aliphatic carbocycles. The number of hydrogen-bond acceptors (Lipinski definition) is 6. The van der Waals surface area contributed by atoms with Gasteiger partial charge >= 0.3 is 0 Å². The van der Waals surface area contributed by atoms with Crippen molar-refractivity contribution < 1.29 is 9.32 Å². The van der Waals surface area contributed by atoms with Crippen LogP contribution >= 0.6 is 0 Å². The average Bonchev–Trinajstić information content (AvgIpc) is 3.21. The summed E-state index contributed by atoms with van der Waals surface area (Å²) in [7, 11) is 0. The molecule has 1 fully saturated rings. The fourth-order valence-corrected chi connectivity index (χ4v) is 3.92. The van der Waals surface area contributed by atoms with Gasteiger partial charge in [0.05, 0.1) is 11.6 Å². The maximum absolute atomic E-state index is 12.8. The minimum absolute atomic E-state index is 0.0615. The Bertz CT molecular complexity index is 983. The summed E-state index contributed by atoms with van der Waals surface area (Å²) < 4.78 is 5.34. The molecule has 0 saturated carbocycles. The molecule has 1 N–H and O–H groups in total. The Hall–Kier alpha value is -2.96. The zero-order chi connectivity index (χ0) is 20.2. The molecule has 2 aromatic heterocycles. The molecule has 7 heteroatoms.